The standard InChI is InChI=1S/C24H39N3O4/c1-7-30-21-13-12-19(14-22(21)31-8-2)25-23(28)15-27(6)18(5)24(29)26-20-11-9-10-16(3)17(20)4/h12-14,16-18,20H,7-11,15H2,1-6H3,(H,25,28)(H,26,29)/p+1/t16-,17-,18+,20+/m0/s1. The summed E-state index contributed by atoms with van der Waals surface area (Å²) in [6.07, 6.45) is 3.41. The van der Waals surface area contributed by atoms with Crippen molar-refractivity contribution in [3.05, 3.63) is 18.2 Å². The molecule has 1 saturated carbocycles. The molecule has 7 heteroatoms. The Morgan fingerprint density at radius 1 is 1.13 bits per heavy atom. The Morgan fingerprint density at radius 2 is 1.81 bits per heavy atom. The second-order valence-corrected chi connectivity index (χ2v) is 8.70. The highest BCUT2D eigenvalue weighted by molar-refractivity contribution is 5.92. The Hall–Kier alpha value is -2.28. The van der Waals surface area contributed by atoms with Gasteiger partial charge in [0.1, 0.15) is 0 Å². The van der Waals surface area contributed by atoms with Crippen LogP contribution in [0.5, 0.6) is 11.5 Å². The summed E-state index contributed by atoms with van der Waals surface area (Å²) in [5.74, 6) is 2.22. The van der Waals surface area contributed by atoms with Gasteiger partial charge in [-0.05, 0) is 51.2 Å². The summed E-state index contributed by atoms with van der Waals surface area (Å²) in [5, 5.41) is 6.12. The van der Waals surface area contributed by atoms with Crippen LogP contribution in [0, 0.1) is 11.8 Å². The molecule has 0 bridgehead atoms. The van der Waals surface area contributed by atoms with Gasteiger partial charge in [-0.2, -0.15) is 0 Å². The number of quaternary nitrogens is 1. The molecule has 2 amide bonds. The minimum atomic E-state index is -0.311. The number of amides is 2. The van der Waals surface area contributed by atoms with E-state index < -0.39 is 0 Å². The van der Waals surface area contributed by atoms with Crippen LogP contribution in [0.1, 0.15) is 53.9 Å². The van der Waals surface area contributed by atoms with Crippen LogP contribution in [-0.4, -0.2) is 50.7 Å². The summed E-state index contributed by atoms with van der Waals surface area (Å²) in [6, 6.07) is 5.27. The van der Waals surface area contributed by atoms with Crippen molar-refractivity contribution >= 4 is 17.5 Å². The lowest BCUT2D eigenvalue weighted by Gasteiger charge is -2.35. The number of likely N-dealkylation sites (N-methyl/N-ethyl adjacent to an activating group) is 1. The minimum absolute atomic E-state index is 0.0101. The van der Waals surface area contributed by atoms with Gasteiger partial charge in [-0.3, -0.25) is 9.59 Å². The van der Waals surface area contributed by atoms with Crippen molar-refractivity contribution < 1.29 is 24.0 Å². The Kier molecular flexibility index (Phi) is 9.62. The van der Waals surface area contributed by atoms with Crippen molar-refractivity contribution in [1.82, 2.24) is 5.32 Å². The smallest absolute Gasteiger partial charge is 0.279 e. The molecule has 1 aliphatic carbocycles. The SMILES string of the molecule is CCOc1ccc(NC(=O)C[NH+](C)[C@H](C)C(=O)N[C@@H]2CCC[C@H](C)[C@@H]2C)cc1OCC. The van der Waals surface area contributed by atoms with E-state index in [2.05, 4.69) is 24.5 Å². The van der Waals surface area contributed by atoms with Crippen LogP contribution in [0.4, 0.5) is 5.69 Å². The van der Waals surface area contributed by atoms with Gasteiger partial charge in [-0.15, -0.1) is 0 Å². The molecule has 0 spiro atoms. The first kappa shape index (κ1) is 25.0. The second kappa shape index (κ2) is 11.9. The summed E-state index contributed by atoms with van der Waals surface area (Å²) in [6.45, 7) is 11.4. The predicted octanol–water partition coefficient (Wildman–Crippen LogP) is 2.27. The zero-order valence-corrected chi connectivity index (χ0v) is 19.9. The van der Waals surface area contributed by atoms with E-state index in [1.54, 1.807) is 18.2 Å². The van der Waals surface area contributed by atoms with Gasteiger partial charge in [0.05, 0.1) is 20.3 Å². The lowest BCUT2D eigenvalue weighted by molar-refractivity contribution is -0.885. The fraction of sp³-hybridized carbons (Fsp3) is 0.667. The molecule has 1 aliphatic rings. The molecule has 0 saturated heterocycles. The maximum atomic E-state index is 12.8. The van der Waals surface area contributed by atoms with Gasteiger partial charge >= 0.3 is 0 Å². The van der Waals surface area contributed by atoms with Crippen LogP contribution in [0.25, 0.3) is 0 Å². The molecule has 0 radical (unpaired) electrons. The zero-order valence-electron chi connectivity index (χ0n) is 19.9. The first-order valence-corrected chi connectivity index (χ1v) is 11.6. The van der Waals surface area contributed by atoms with Gasteiger partial charge in [0, 0.05) is 17.8 Å². The fourth-order valence-electron chi connectivity index (χ4n) is 4.06. The van der Waals surface area contributed by atoms with Crippen LogP contribution >= 0.6 is 0 Å². The van der Waals surface area contributed by atoms with Crippen molar-refractivity contribution in [2.75, 3.05) is 32.1 Å². The van der Waals surface area contributed by atoms with Crippen LogP contribution in [0.2, 0.25) is 0 Å². The van der Waals surface area contributed by atoms with Crippen molar-refractivity contribution in [3.63, 3.8) is 0 Å². The molecule has 1 aromatic rings. The number of rotatable bonds is 10. The third kappa shape index (κ3) is 7.13. The van der Waals surface area contributed by atoms with Gasteiger partial charge in [0.25, 0.3) is 11.8 Å². The summed E-state index contributed by atoms with van der Waals surface area (Å²) in [4.78, 5) is 26.2. The third-order valence-electron chi connectivity index (χ3n) is 6.43. The molecule has 1 fully saturated rings. The number of ether oxygens (including phenoxy) is 2. The summed E-state index contributed by atoms with van der Waals surface area (Å²) < 4.78 is 11.2. The van der Waals surface area contributed by atoms with E-state index in [0.717, 1.165) is 17.7 Å². The van der Waals surface area contributed by atoms with Gasteiger partial charge in [0.15, 0.2) is 24.1 Å². The molecule has 5 atom stereocenters. The minimum Gasteiger partial charge on any atom is -0.490 e. The van der Waals surface area contributed by atoms with Crippen molar-refractivity contribution in [1.29, 1.82) is 0 Å². The van der Waals surface area contributed by atoms with E-state index >= 15 is 0 Å². The largest absolute Gasteiger partial charge is 0.490 e. The highest BCUT2D eigenvalue weighted by Gasteiger charge is 2.31. The second-order valence-electron chi connectivity index (χ2n) is 8.70. The molecule has 2 rings (SSSR count). The molecule has 7 nitrogen and oxygen atoms in total. The Bertz CT molecular complexity index is 740. The Labute approximate surface area is 186 Å². The lowest BCUT2D eigenvalue weighted by atomic mass is 9.78. The first-order valence-electron chi connectivity index (χ1n) is 11.6. The molecular formula is C24H40N3O4+. The van der Waals surface area contributed by atoms with Crippen molar-refractivity contribution in [2.45, 2.75) is 66.0 Å². The molecule has 3 N–H and O–H groups in total. The maximum absolute atomic E-state index is 12.8. The van der Waals surface area contributed by atoms with E-state index in [1.807, 2.05) is 27.8 Å². The first-order chi connectivity index (χ1) is 14.8. The van der Waals surface area contributed by atoms with Crippen LogP contribution in [0.15, 0.2) is 18.2 Å². The van der Waals surface area contributed by atoms with E-state index in [1.165, 1.54) is 6.42 Å². The maximum Gasteiger partial charge on any atom is 0.279 e. The quantitative estimate of drug-likeness (QED) is 0.528. The van der Waals surface area contributed by atoms with Gasteiger partial charge in [-0.25, -0.2) is 0 Å². The molecular weight excluding hydrogens is 394 g/mol. The summed E-state index contributed by atoms with van der Waals surface area (Å²) >= 11 is 0. The average Bonchev–Trinajstić information content (AvgIpc) is 2.72. The average molecular weight is 435 g/mol. The number of carbonyl (C=O) groups excluding carboxylic acids is 2. The summed E-state index contributed by atoms with van der Waals surface area (Å²) in [5.41, 5.74) is 0.645. The highest BCUT2D eigenvalue weighted by atomic mass is 16.5. The number of nitrogens with one attached hydrogen (secondary N) is 3. The van der Waals surface area contributed by atoms with Crippen LogP contribution in [0.3, 0.4) is 0 Å². The van der Waals surface area contributed by atoms with E-state index in [9.17, 15) is 9.59 Å². The highest BCUT2D eigenvalue weighted by Crippen LogP contribution is 2.31. The number of anilines is 1. The van der Waals surface area contributed by atoms with E-state index in [-0.39, 0.29) is 30.4 Å². The molecule has 31 heavy (non-hydrogen) atoms. The topological polar surface area (TPSA) is 81.1 Å². The number of benzene rings is 1. The van der Waals surface area contributed by atoms with Gasteiger partial charge < -0.3 is 25.0 Å². The van der Waals surface area contributed by atoms with Gasteiger partial charge in [0.2, 0.25) is 0 Å². The molecule has 0 heterocycles. The van der Waals surface area contributed by atoms with Crippen LogP contribution < -0.4 is 25.0 Å². The lowest BCUT2D eigenvalue weighted by Crippen LogP contribution is -3.15. The Balaban J connectivity index is 1.90. The predicted molar refractivity (Wildman–Crippen MR) is 123 cm³/mol. The number of hydrogen-bond donors (Lipinski definition) is 3. The molecule has 1 unspecified atom stereocenters. The molecule has 174 valence electrons. The normalized spacial score (nSPS) is 22.8. The van der Waals surface area contributed by atoms with Crippen molar-refractivity contribution in [3.8, 4) is 11.5 Å². The van der Waals surface area contributed by atoms with Crippen molar-refractivity contribution in [2.24, 2.45) is 11.8 Å². The fourth-order valence-corrected chi connectivity index (χ4v) is 4.06. The third-order valence-corrected chi connectivity index (χ3v) is 6.43. The van der Waals surface area contributed by atoms with Crippen LogP contribution in [-0.2, 0) is 9.59 Å². The van der Waals surface area contributed by atoms with E-state index in [4.69, 9.17) is 9.47 Å². The summed E-state index contributed by atoms with van der Waals surface area (Å²) in [7, 11) is 1.88. The zero-order chi connectivity index (χ0) is 23.0. The van der Waals surface area contributed by atoms with E-state index in [0.29, 0.717) is 42.2 Å². The van der Waals surface area contributed by atoms with Gasteiger partial charge in [-0.1, -0.05) is 26.7 Å². The molecule has 0 aliphatic heterocycles. The number of carbonyl (C=O) groups is 2. The molecule has 1 aromatic carbocycles. The number of hydrogen-bond acceptors (Lipinski definition) is 4. The Morgan fingerprint density at radius 3 is 2.48 bits per heavy atom. The molecule has 0 aromatic heterocycles. The monoisotopic (exact) mass is 434 g/mol.